The Hall–Kier alpha value is -7.42. The first-order valence-corrected chi connectivity index (χ1v) is 21.9. The zero-order valence-electron chi connectivity index (χ0n) is 35.5. The van der Waals surface area contributed by atoms with Crippen molar-refractivity contribution in [2.24, 2.45) is 0 Å². The topological polar surface area (TPSA) is 8.17 Å². The van der Waals surface area contributed by atoms with E-state index in [1.807, 2.05) is 0 Å². The first-order valence-electron chi connectivity index (χ1n) is 21.9. The summed E-state index contributed by atoms with van der Waals surface area (Å²) in [6.45, 7) is 9.44. The predicted octanol–water partition coefficient (Wildman–Crippen LogP) is 16.2. The number of anilines is 3. The Morgan fingerprint density at radius 1 is 0.355 bits per heavy atom. The van der Waals surface area contributed by atoms with Gasteiger partial charge in [-0.25, -0.2) is 0 Å². The Balaban J connectivity index is 1.03. The molecule has 0 saturated carbocycles. The van der Waals surface area contributed by atoms with Crippen LogP contribution in [-0.4, -0.2) is 4.57 Å². The molecular weight excluding hydrogens is 749 g/mol. The van der Waals surface area contributed by atoms with Crippen molar-refractivity contribution in [3.8, 4) is 50.2 Å². The summed E-state index contributed by atoms with van der Waals surface area (Å²) in [6, 6.07) is 76.5. The monoisotopic (exact) mass is 794 g/mol. The molecule has 12 rings (SSSR count). The maximum Gasteiger partial charge on any atom is 0.0547 e. The number of para-hydroxylation sites is 2. The summed E-state index contributed by atoms with van der Waals surface area (Å²) in [5.41, 5.74) is 22.5. The van der Waals surface area contributed by atoms with Crippen molar-refractivity contribution in [1.29, 1.82) is 0 Å². The van der Waals surface area contributed by atoms with Gasteiger partial charge in [-0.15, -0.1) is 0 Å². The zero-order chi connectivity index (χ0) is 41.7. The average Bonchev–Trinajstić information content (AvgIpc) is 3.87. The molecular formula is C60H46N2. The highest BCUT2D eigenvalue weighted by atomic mass is 15.1. The van der Waals surface area contributed by atoms with Gasteiger partial charge in [0.25, 0.3) is 0 Å². The minimum absolute atomic E-state index is 0.0515. The highest BCUT2D eigenvalue weighted by Crippen LogP contribution is 2.55. The van der Waals surface area contributed by atoms with Crippen molar-refractivity contribution in [3.63, 3.8) is 0 Å². The van der Waals surface area contributed by atoms with E-state index >= 15 is 0 Å². The van der Waals surface area contributed by atoms with Gasteiger partial charge in [0.1, 0.15) is 0 Å². The molecule has 0 atom stereocenters. The third-order valence-electron chi connectivity index (χ3n) is 14.0. The molecule has 2 nitrogen and oxygen atoms in total. The number of fused-ring (bicyclic) bond motifs is 9. The lowest BCUT2D eigenvalue weighted by atomic mass is 9.82. The van der Waals surface area contributed by atoms with Gasteiger partial charge < -0.3 is 9.47 Å². The smallest absolute Gasteiger partial charge is 0.0547 e. The number of aromatic nitrogens is 1. The molecule has 0 spiro atoms. The highest BCUT2D eigenvalue weighted by molar-refractivity contribution is 6.10. The molecule has 10 aromatic rings. The van der Waals surface area contributed by atoms with Crippen LogP contribution in [0.15, 0.2) is 206 Å². The number of benzene rings is 9. The zero-order valence-corrected chi connectivity index (χ0v) is 35.5. The van der Waals surface area contributed by atoms with Crippen LogP contribution in [0, 0.1) is 0 Å². The Bertz CT molecular complexity index is 3400. The largest absolute Gasteiger partial charge is 0.310 e. The highest BCUT2D eigenvalue weighted by Gasteiger charge is 2.38. The van der Waals surface area contributed by atoms with E-state index in [9.17, 15) is 0 Å². The summed E-state index contributed by atoms with van der Waals surface area (Å²) in [7, 11) is 0. The van der Waals surface area contributed by atoms with Gasteiger partial charge in [0.15, 0.2) is 0 Å². The first kappa shape index (κ1) is 36.4. The minimum atomic E-state index is -0.121. The van der Waals surface area contributed by atoms with Crippen molar-refractivity contribution < 1.29 is 0 Å². The second-order valence-corrected chi connectivity index (χ2v) is 18.1. The summed E-state index contributed by atoms with van der Waals surface area (Å²) in [4.78, 5) is 2.48. The van der Waals surface area contributed by atoms with Crippen molar-refractivity contribution in [3.05, 3.63) is 229 Å². The fourth-order valence-electron chi connectivity index (χ4n) is 11.0. The Morgan fingerprint density at radius 3 is 1.66 bits per heavy atom. The normalized spacial score (nSPS) is 14.1. The predicted molar refractivity (Wildman–Crippen MR) is 261 cm³/mol. The molecule has 1 aromatic heterocycles. The van der Waals surface area contributed by atoms with E-state index in [0.29, 0.717) is 0 Å². The van der Waals surface area contributed by atoms with E-state index in [1.54, 1.807) is 0 Å². The molecule has 9 aromatic carbocycles. The van der Waals surface area contributed by atoms with Crippen LogP contribution in [0.5, 0.6) is 0 Å². The summed E-state index contributed by atoms with van der Waals surface area (Å²) in [5.74, 6) is 0. The standard InChI is InChI=1S/C60H46N2/c1-59(2)50-25-11-8-22-48(50)57-45(24-15-27-52(57)59)39-31-34-43(35-32-39)61(55-30-16-28-53-58(55)49-23-9-12-26-51(49)60(53,3)4)44-20-14-17-40(37-44)41-33-36-47-46-21-10-13-29-54(46)62(56(47)38-41)42-18-6-5-7-19-42/h5-38H,1-4H3. The molecule has 0 saturated heterocycles. The van der Waals surface area contributed by atoms with Crippen molar-refractivity contribution in [2.75, 3.05) is 4.90 Å². The van der Waals surface area contributed by atoms with E-state index in [4.69, 9.17) is 0 Å². The molecule has 0 N–H and O–H groups in total. The molecule has 2 aliphatic rings. The van der Waals surface area contributed by atoms with Gasteiger partial charge in [-0.1, -0.05) is 179 Å². The van der Waals surface area contributed by atoms with Crippen molar-refractivity contribution in [1.82, 2.24) is 4.57 Å². The summed E-state index contributed by atoms with van der Waals surface area (Å²) in [5, 5.41) is 2.51. The maximum atomic E-state index is 2.48. The van der Waals surface area contributed by atoms with E-state index in [-0.39, 0.29) is 10.8 Å². The van der Waals surface area contributed by atoms with Gasteiger partial charge in [-0.05, 0) is 116 Å². The Morgan fingerprint density at radius 2 is 0.903 bits per heavy atom. The van der Waals surface area contributed by atoms with Crippen LogP contribution in [0.3, 0.4) is 0 Å². The SMILES string of the molecule is CC1(C)c2ccccc2-c2c(-c3ccc(N(c4cccc(-c5ccc6c7ccccc7n(-c7ccccc7)c6c5)c4)c4cccc5c4-c4ccccc4C5(C)C)cc3)cccc21. The lowest BCUT2D eigenvalue weighted by Gasteiger charge is -2.29. The lowest BCUT2D eigenvalue weighted by molar-refractivity contribution is 0.660. The molecule has 296 valence electrons. The van der Waals surface area contributed by atoms with Gasteiger partial charge in [0.05, 0.1) is 16.7 Å². The fourth-order valence-corrected chi connectivity index (χ4v) is 11.0. The lowest BCUT2D eigenvalue weighted by Crippen LogP contribution is -2.16. The van der Waals surface area contributed by atoms with Crippen molar-refractivity contribution >= 4 is 38.9 Å². The minimum Gasteiger partial charge on any atom is -0.310 e. The molecule has 0 aliphatic heterocycles. The third kappa shape index (κ3) is 5.29. The quantitative estimate of drug-likeness (QED) is 0.163. The van der Waals surface area contributed by atoms with Gasteiger partial charge >= 0.3 is 0 Å². The van der Waals surface area contributed by atoms with Crippen LogP contribution in [0.4, 0.5) is 17.1 Å². The molecule has 2 aliphatic carbocycles. The van der Waals surface area contributed by atoms with E-state index in [1.165, 1.54) is 94.3 Å². The Kier molecular flexibility index (Phi) is 7.96. The summed E-state index contributed by atoms with van der Waals surface area (Å²) >= 11 is 0. The van der Waals surface area contributed by atoms with Crippen LogP contribution in [-0.2, 0) is 10.8 Å². The molecule has 0 amide bonds. The molecule has 2 heteroatoms. The van der Waals surface area contributed by atoms with Gasteiger partial charge in [-0.2, -0.15) is 0 Å². The number of hydrogen-bond acceptors (Lipinski definition) is 1. The molecule has 0 radical (unpaired) electrons. The van der Waals surface area contributed by atoms with Crippen LogP contribution in [0.1, 0.15) is 49.9 Å². The van der Waals surface area contributed by atoms with Gasteiger partial charge in [-0.3, -0.25) is 0 Å². The number of rotatable bonds is 6. The van der Waals surface area contributed by atoms with Crippen LogP contribution >= 0.6 is 0 Å². The third-order valence-corrected chi connectivity index (χ3v) is 14.0. The van der Waals surface area contributed by atoms with E-state index in [0.717, 1.165) is 17.1 Å². The first-order chi connectivity index (χ1) is 30.3. The van der Waals surface area contributed by atoms with Gasteiger partial charge in [0.2, 0.25) is 0 Å². The van der Waals surface area contributed by atoms with Crippen molar-refractivity contribution in [2.45, 2.75) is 38.5 Å². The van der Waals surface area contributed by atoms with E-state index in [2.05, 4.69) is 243 Å². The second kappa shape index (κ2) is 13.5. The fraction of sp³-hybridized carbons (Fsp3) is 0.100. The molecule has 62 heavy (non-hydrogen) atoms. The van der Waals surface area contributed by atoms with Crippen LogP contribution in [0.25, 0.3) is 72.0 Å². The molecule has 1 heterocycles. The summed E-state index contributed by atoms with van der Waals surface area (Å²) in [6.07, 6.45) is 0. The maximum absolute atomic E-state index is 2.48. The van der Waals surface area contributed by atoms with Crippen LogP contribution in [0.2, 0.25) is 0 Å². The average molecular weight is 795 g/mol. The van der Waals surface area contributed by atoms with Gasteiger partial charge in [0, 0.05) is 44.2 Å². The second-order valence-electron chi connectivity index (χ2n) is 18.1. The molecule has 0 bridgehead atoms. The molecule has 0 fully saturated rings. The van der Waals surface area contributed by atoms with Crippen LogP contribution < -0.4 is 4.90 Å². The number of hydrogen-bond donors (Lipinski definition) is 0. The Labute approximate surface area is 364 Å². The van der Waals surface area contributed by atoms with E-state index < -0.39 is 0 Å². The number of nitrogens with zero attached hydrogens (tertiary/aromatic N) is 2. The molecule has 0 unspecified atom stereocenters. The summed E-state index contributed by atoms with van der Waals surface area (Å²) < 4.78 is 2.40.